The van der Waals surface area contributed by atoms with Crippen LogP contribution in [0.5, 0.6) is 0 Å². The van der Waals surface area contributed by atoms with Gasteiger partial charge in [-0.05, 0) is 45.2 Å². The molecule has 0 aromatic carbocycles. The molecule has 2 nitrogen and oxygen atoms in total. The van der Waals surface area contributed by atoms with Gasteiger partial charge in [0.05, 0.1) is 0 Å². The summed E-state index contributed by atoms with van der Waals surface area (Å²) in [7, 11) is 0. The summed E-state index contributed by atoms with van der Waals surface area (Å²) in [4.78, 5) is 2.59. The minimum Gasteiger partial charge on any atom is -0.314 e. The predicted molar refractivity (Wildman–Crippen MR) is 60.4 cm³/mol. The molecule has 2 heterocycles. The smallest absolute Gasteiger partial charge is 0.0163 e. The van der Waals surface area contributed by atoms with E-state index in [-0.39, 0.29) is 0 Å². The lowest BCUT2D eigenvalue weighted by molar-refractivity contribution is 0.124. The lowest BCUT2D eigenvalue weighted by atomic mass is 9.85. The van der Waals surface area contributed by atoms with Crippen LogP contribution in [-0.2, 0) is 0 Å². The van der Waals surface area contributed by atoms with Crippen molar-refractivity contribution in [2.24, 2.45) is 5.92 Å². The maximum Gasteiger partial charge on any atom is 0.0163 e. The normalized spacial score (nSPS) is 34.6. The Hall–Kier alpha value is -0.340. The van der Waals surface area contributed by atoms with Gasteiger partial charge in [0.1, 0.15) is 0 Å². The van der Waals surface area contributed by atoms with Crippen LogP contribution < -0.4 is 5.32 Å². The van der Waals surface area contributed by atoms with E-state index >= 15 is 0 Å². The van der Waals surface area contributed by atoms with Crippen molar-refractivity contribution in [1.29, 1.82) is 0 Å². The fraction of sp³-hybridized carbons (Fsp3) is 0.833. The molecule has 2 heteroatoms. The Morgan fingerprint density at radius 2 is 2.36 bits per heavy atom. The molecule has 2 rings (SSSR count). The fourth-order valence-electron chi connectivity index (χ4n) is 2.74. The van der Waals surface area contributed by atoms with Crippen molar-refractivity contribution in [3.8, 4) is 0 Å². The summed E-state index contributed by atoms with van der Waals surface area (Å²) in [6, 6.07) is 0.825. The van der Waals surface area contributed by atoms with E-state index in [1.807, 2.05) is 0 Å². The Bertz CT molecular complexity index is 200. The number of fused-ring (bicyclic) bond motifs is 1. The van der Waals surface area contributed by atoms with E-state index in [2.05, 4.69) is 29.3 Å². The molecular formula is C12H22N2. The number of hydrogen-bond acceptors (Lipinski definition) is 2. The molecule has 0 bridgehead atoms. The number of nitrogens with one attached hydrogen (secondary N) is 1. The highest BCUT2D eigenvalue weighted by atomic mass is 15.1. The Labute approximate surface area is 87.4 Å². The molecule has 2 unspecified atom stereocenters. The third-order valence-electron chi connectivity index (χ3n) is 3.58. The van der Waals surface area contributed by atoms with Crippen LogP contribution in [0.3, 0.4) is 0 Å². The molecule has 80 valence electrons. The molecule has 0 aliphatic carbocycles. The third kappa shape index (κ3) is 2.37. The van der Waals surface area contributed by atoms with Crippen molar-refractivity contribution < 1.29 is 0 Å². The Kier molecular flexibility index (Phi) is 3.60. The van der Waals surface area contributed by atoms with Crippen LogP contribution in [0.1, 0.15) is 26.2 Å². The average Bonchev–Trinajstić information content (AvgIpc) is 2.26. The lowest BCUT2D eigenvalue weighted by Crippen LogP contribution is -2.52. The van der Waals surface area contributed by atoms with Gasteiger partial charge in [-0.15, -0.1) is 0 Å². The summed E-state index contributed by atoms with van der Waals surface area (Å²) >= 11 is 0. The lowest BCUT2D eigenvalue weighted by Gasteiger charge is -2.41. The van der Waals surface area contributed by atoms with Crippen LogP contribution in [0.25, 0.3) is 0 Å². The molecule has 0 saturated carbocycles. The maximum absolute atomic E-state index is 3.65. The molecule has 0 aromatic rings. The molecule has 1 N–H and O–H groups in total. The molecular weight excluding hydrogens is 172 g/mol. The second kappa shape index (κ2) is 4.94. The topological polar surface area (TPSA) is 15.3 Å². The van der Waals surface area contributed by atoms with E-state index in [4.69, 9.17) is 0 Å². The first-order valence-electron chi connectivity index (χ1n) is 5.97. The number of nitrogens with zero attached hydrogens (tertiary/aromatic N) is 1. The van der Waals surface area contributed by atoms with Crippen LogP contribution in [0.2, 0.25) is 0 Å². The summed E-state index contributed by atoms with van der Waals surface area (Å²) in [5.41, 5.74) is 0. The van der Waals surface area contributed by atoms with Crippen LogP contribution >= 0.6 is 0 Å². The van der Waals surface area contributed by atoms with Gasteiger partial charge in [-0.3, -0.25) is 4.90 Å². The van der Waals surface area contributed by atoms with Gasteiger partial charge in [-0.2, -0.15) is 0 Å². The highest BCUT2D eigenvalue weighted by Crippen LogP contribution is 2.24. The highest BCUT2D eigenvalue weighted by Gasteiger charge is 2.30. The summed E-state index contributed by atoms with van der Waals surface area (Å²) < 4.78 is 0. The fourth-order valence-corrected chi connectivity index (χ4v) is 2.74. The standard InChI is InChI=1S/C12H22N2/c1-2-3-8-14-9-6-12-11(10-14)5-4-7-13-12/h2-3,11-13H,4-10H2,1H3/b3-2+. The molecule has 2 fully saturated rings. The van der Waals surface area contributed by atoms with Crippen molar-refractivity contribution in [3.63, 3.8) is 0 Å². The second-order valence-electron chi connectivity index (χ2n) is 4.58. The minimum atomic E-state index is 0.825. The monoisotopic (exact) mass is 194 g/mol. The van der Waals surface area contributed by atoms with Crippen molar-refractivity contribution in [3.05, 3.63) is 12.2 Å². The summed E-state index contributed by atoms with van der Waals surface area (Å²) in [6.45, 7) is 7.09. The number of likely N-dealkylation sites (tertiary alicyclic amines) is 1. The number of hydrogen-bond donors (Lipinski definition) is 1. The van der Waals surface area contributed by atoms with Gasteiger partial charge in [-0.1, -0.05) is 12.2 Å². The number of piperidine rings is 2. The summed E-state index contributed by atoms with van der Waals surface area (Å²) in [5.74, 6) is 0.919. The Morgan fingerprint density at radius 3 is 3.21 bits per heavy atom. The molecule has 2 saturated heterocycles. The molecule has 0 spiro atoms. The number of allylic oxidation sites excluding steroid dienone is 1. The average molecular weight is 194 g/mol. The molecule has 0 radical (unpaired) electrons. The van der Waals surface area contributed by atoms with Gasteiger partial charge < -0.3 is 5.32 Å². The molecule has 0 aromatic heterocycles. The van der Waals surface area contributed by atoms with Crippen LogP contribution in [-0.4, -0.2) is 37.1 Å². The summed E-state index contributed by atoms with van der Waals surface area (Å²) in [5, 5.41) is 3.65. The SMILES string of the molecule is C/C=C/CN1CCC2NCCCC2C1. The molecule has 14 heavy (non-hydrogen) atoms. The predicted octanol–water partition coefficient (Wildman–Crippen LogP) is 1.64. The molecule has 0 amide bonds. The molecule has 2 aliphatic heterocycles. The van der Waals surface area contributed by atoms with Crippen LogP contribution in [0.15, 0.2) is 12.2 Å². The Morgan fingerprint density at radius 1 is 1.43 bits per heavy atom. The second-order valence-corrected chi connectivity index (χ2v) is 4.58. The van der Waals surface area contributed by atoms with E-state index in [1.165, 1.54) is 38.9 Å². The van der Waals surface area contributed by atoms with Gasteiger partial charge in [0.2, 0.25) is 0 Å². The number of rotatable bonds is 2. The Balaban J connectivity index is 1.83. The van der Waals surface area contributed by atoms with Crippen molar-refractivity contribution in [2.45, 2.75) is 32.2 Å². The molecule has 2 atom stereocenters. The maximum atomic E-state index is 3.65. The van der Waals surface area contributed by atoms with Gasteiger partial charge in [-0.25, -0.2) is 0 Å². The van der Waals surface area contributed by atoms with Crippen molar-refractivity contribution >= 4 is 0 Å². The van der Waals surface area contributed by atoms with Gasteiger partial charge in [0.25, 0.3) is 0 Å². The van der Waals surface area contributed by atoms with Gasteiger partial charge >= 0.3 is 0 Å². The third-order valence-corrected chi connectivity index (χ3v) is 3.58. The zero-order chi connectivity index (χ0) is 9.80. The van der Waals surface area contributed by atoms with Gasteiger partial charge in [0, 0.05) is 19.1 Å². The van der Waals surface area contributed by atoms with E-state index in [1.54, 1.807) is 0 Å². The minimum absolute atomic E-state index is 0.825. The highest BCUT2D eigenvalue weighted by molar-refractivity contribution is 4.91. The first-order valence-corrected chi connectivity index (χ1v) is 5.97. The van der Waals surface area contributed by atoms with E-state index in [0.29, 0.717) is 0 Å². The van der Waals surface area contributed by atoms with E-state index in [9.17, 15) is 0 Å². The van der Waals surface area contributed by atoms with Crippen molar-refractivity contribution in [2.75, 3.05) is 26.2 Å². The van der Waals surface area contributed by atoms with E-state index < -0.39 is 0 Å². The van der Waals surface area contributed by atoms with Crippen LogP contribution in [0.4, 0.5) is 0 Å². The first-order chi connectivity index (χ1) is 6.90. The van der Waals surface area contributed by atoms with Crippen LogP contribution in [0, 0.1) is 5.92 Å². The summed E-state index contributed by atoms with van der Waals surface area (Å²) in [6.07, 6.45) is 8.59. The van der Waals surface area contributed by atoms with Crippen molar-refractivity contribution in [1.82, 2.24) is 10.2 Å². The van der Waals surface area contributed by atoms with Gasteiger partial charge in [0.15, 0.2) is 0 Å². The molecule has 2 aliphatic rings. The zero-order valence-electron chi connectivity index (χ0n) is 9.21. The quantitative estimate of drug-likeness (QED) is 0.672. The van der Waals surface area contributed by atoms with E-state index in [0.717, 1.165) is 18.5 Å². The first kappa shape index (κ1) is 10.2. The zero-order valence-corrected chi connectivity index (χ0v) is 9.21. The largest absolute Gasteiger partial charge is 0.314 e.